The maximum Gasteiger partial charge on any atom is 0.420 e. The summed E-state index contributed by atoms with van der Waals surface area (Å²) in [6.45, 7) is 13.0. The van der Waals surface area contributed by atoms with E-state index in [2.05, 4.69) is 220 Å². The maximum absolute atomic E-state index is 15.1. The van der Waals surface area contributed by atoms with E-state index in [0.29, 0.717) is 44.1 Å². The third kappa shape index (κ3) is 8.06. The van der Waals surface area contributed by atoms with Crippen molar-refractivity contribution in [3.63, 3.8) is 0 Å². The van der Waals surface area contributed by atoms with Crippen molar-refractivity contribution < 1.29 is 35.2 Å². The van der Waals surface area contributed by atoms with E-state index in [1.165, 1.54) is 12.1 Å². The Balaban J connectivity index is 1.01. The molecule has 0 atom stereocenters. The summed E-state index contributed by atoms with van der Waals surface area (Å²) in [4.78, 5) is 4.33. The zero-order valence-electron chi connectivity index (χ0n) is 53.1. The highest BCUT2D eigenvalue weighted by molar-refractivity contribution is 6.22. The van der Waals surface area contributed by atoms with Crippen LogP contribution in [0.25, 0.3) is 104 Å². The van der Waals surface area contributed by atoms with E-state index in [1.807, 2.05) is 48.5 Å². The van der Waals surface area contributed by atoms with Gasteiger partial charge in [-0.1, -0.05) is 217 Å². The Morgan fingerprint density at radius 1 is 0.323 bits per heavy atom. The van der Waals surface area contributed by atoms with Crippen LogP contribution in [0.5, 0.6) is 0 Å². The van der Waals surface area contributed by atoms with Gasteiger partial charge in [0.1, 0.15) is 11.2 Å². The molecule has 5 nitrogen and oxygen atoms in total. The van der Waals surface area contributed by atoms with E-state index in [9.17, 15) is 0 Å². The minimum atomic E-state index is -4.69. The summed E-state index contributed by atoms with van der Waals surface area (Å²) in [5, 5.41) is 7.57. The Morgan fingerprint density at radius 3 is 1.17 bits per heavy atom. The number of aromatic nitrogens is 1. The maximum atomic E-state index is 15.1. The first-order valence-corrected chi connectivity index (χ1v) is 32.3. The Kier molecular flexibility index (Phi) is 12.0. The Labute approximate surface area is 548 Å². The molecule has 11 heteroatoms. The highest BCUT2D eigenvalue weighted by Crippen LogP contribution is 2.66. The minimum absolute atomic E-state index is 0.214. The van der Waals surface area contributed by atoms with E-state index in [1.54, 1.807) is 12.1 Å². The molecule has 0 bridgehead atoms. The van der Waals surface area contributed by atoms with Crippen LogP contribution in [0.4, 0.5) is 60.5 Å². The predicted octanol–water partition coefficient (Wildman–Crippen LogP) is 25.1. The lowest BCUT2D eigenvalue weighted by Gasteiger charge is -2.40. The second-order valence-corrected chi connectivity index (χ2v) is 27.7. The molecule has 13 aromatic carbocycles. The zero-order chi connectivity index (χ0) is 65.7. The molecule has 1 spiro atoms. The number of nitrogens with zero attached hydrogens (tertiary/aromatic N) is 3. The van der Waals surface area contributed by atoms with Crippen LogP contribution in [-0.2, 0) is 28.6 Å². The van der Waals surface area contributed by atoms with Crippen molar-refractivity contribution in [1.82, 2.24) is 4.57 Å². The molecule has 4 heterocycles. The number of halogens is 6. The molecule has 0 amide bonds. The number of anilines is 6. The number of benzene rings is 13. The van der Waals surface area contributed by atoms with Gasteiger partial charge in [-0.05, 0) is 139 Å². The normalized spacial score (nSPS) is 13.7. The van der Waals surface area contributed by atoms with Gasteiger partial charge in [-0.3, -0.25) is 0 Å². The monoisotopic (exact) mass is 1270 g/mol. The summed E-state index contributed by atoms with van der Waals surface area (Å²) in [5.41, 5.74) is 12.2. The van der Waals surface area contributed by atoms with Crippen molar-refractivity contribution in [2.24, 2.45) is 0 Å². The summed E-state index contributed by atoms with van der Waals surface area (Å²) >= 11 is 0. The molecule has 1 aliphatic heterocycles. The molecule has 0 radical (unpaired) electrons. The number of fused-ring (bicyclic) bond motifs is 22. The lowest BCUT2D eigenvalue weighted by Crippen LogP contribution is -2.34. The molecule has 0 unspecified atom stereocenters. The smallest absolute Gasteiger partial charge is 0.420 e. The number of para-hydroxylation sites is 7. The number of alkyl halides is 6. The Bertz CT molecular complexity index is 5690. The predicted molar refractivity (Wildman–Crippen MR) is 378 cm³/mol. The third-order valence-corrected chi connectivity index (χ3v) is 20.3. The van der Waals surface area contributed by atoms with Gasteiger partial charge in [0.2, 0.25) is 0 Å². The topological polar surface area (TPSA) is 37.7 Å². The fraction of sp³-hybridized carbons (Fsp3) is 0.129. The van der Waals surface area contributed by atoms with Crippen molar-refractivity contribution in [1.29, 1.82) is 0 Å². The summed E-state index contributed by atoms with van der Waals surface area (Å²) in [5.74, 6) is 0. The third-order valence-electron chi connectivity index (χ3n) is 20.3. The molecular weight excluding hydrogens is 1210 g/mol. The van der Waals surface area contributed by atoms with Crippen molar-refractivity contribution in [3.05, 3.63) is 293 Å². The molecule has 1 aliphatic carbocycles. The minimum Gasteiger partial charge on any atom is -0.453 e. The highest BCUT2D eigenvalue weighted by Gasteiger charge is 2.53. The van der Waals surface area contributed by atoms with Gasteiger partial charge in [-0.2, -0.15) is 26.3 Å². The summed E-state index contributed by atoms with van der Waals surface area (Å²) in [6.07, 6.45) is -9.39. The molecule has 16 aromatic rings. The second-order valence-electron chi connectivity index (χ2n) is 27.7. The van der Waals surface area contributed by atoms with Crippen LogP contribution in [-0.4, -0.2) is 4.57 Å². The molecule has 0 saturated heterocycles. The van der Waals surface area contributed by atoms with Crippen molar-refractivity contribution in [2.45, 2.75) is 70.1 Å². The average molecular weight is 1270 g/mol. The average Bonchev–Trinajstić information content (AvgIpc) is 1.47. The lowest BCUT2D eigenvalue weighted by atomic mass is 9.65. The fourth-order valence-electron chi connectivity index (χ4n) is 16.1. The summed E-state index contributed by atoms with van der Waals surface area (Å²) < 4.78 is 107. The second kappa shape index (κ2) is 20.0. The van der Waals surface area contributed by atoms with E-state index in [-0.39, 0.29) is 22.0 Å². The Morgan fingerprint density at radius 2 is 0.698 bits per heavy atom. The zero-order valence-corrected chi connectivity index (χ0v) is 53.1. The summed E-state index contributed by atoms with van der Waals surface area (Å²) in [7, 11) is 0. The van der Waals surface area contributed by atoms with Crippen LogP contribution in [0.1, 0.15) is 86.1 Å². The SMILES string of the molecule is CC(C)(C)c1ccc(N(c2cc3c(c4ccccc24)-c2c(cc(N(c4ccc(C(C)(C)C)cc4)c4cccc5c4oc4c(C(F)(F)F)cccc45)c4ccccc24)C32c3ccccc3-n3c4ccccc4c4cccc2c43)c2cccc3c2oc2c(C(F)(F)F)cccc23)cc1. The molecule has 2 aliphatic rings. The molecule has 3 aromatic heterocycles. The standard InChI is InChI=1S/C85H59F6N3O2/c1-81(2,3)48-38-42-50(43-39-48)92(70-36-18-28-60-58-26-16-32-64(84(86,87)88)77(58)95-79(60)70)72-46-66-74(55-23-9-7-20-52(55)72)75-56-24-10-8-21-53(56)73(47-67(75)83(66)62-30-12-14-35-69(62)94-68-34-13-11-22-54(68)57-25-15-31-63(83)76(57)94)93(51-44-40-49(41-45-51)82(4,5)6)71-37-19-29-61-59-27-17-33-65(85(89,90)91)78(59)96-80(61)71/h7-47H,1-6H3. The first kappa shape index (κ1) is 57.6. The van der Waals surface area contributed by atoms with Gasteiger partial charge in [-0.15, -0.1) is 0 Å². The van der Waals surface area contributed by atoms with Crippen LogP contribution in [0.3, 0.4) is 0 Å². The summed E-state index contributed by atoms with van der Waals surface area (Å²) in [6, 6.07) is 82.0. The molecule has 0 saturated carbocycles. The van der Waals surface area contributed by atoms with Crippen molar-refractivity contribution in [3.8, 4) is 16.8 Å². The lowest BCUT2D eigenvalue weighted by molar-refractivity contribution is -0.137. The van der Waals surface area contributed by atoms with Gasteiger partial charge in [0.05, 0.1) is 56.0 Å². The van der Waals surface area contributed by atoms with Gasteiger partial charge < -0.3 is 23.2 Å². The van der Waals surface area contributed by atoms with Crippen molar-refractivity contribution in [2.75, 3.05) is 9.80 Å². The van der Waals surface area contributed by atoms with E-state index >= 15 is 26.3 Å². The van der Waals surface area contributed by atoms with E-state index < -0.39 is 28.9 Å². The molecule has 0 N–H and O–H groups in total. The Hall–Kier alpha value is -11.0. The molecule has 0 fully saturated rings. The van der Waals surface area contributed by atoms with Gasteiger partial charge in [0.15, 0.2) is 11.2 Å². The number of furan rings is 2. The molecular formula is C85H59F6N3O2. The van der Waals surface area contributed by atoms with Gasteiger partial charge >= 0.3 is 12.4 Å². The van der Waals surface area contributed by atoms with E-state index in [4.69, 9.17) is 8.83 Å². The van der Waals surface area contributed by atoms with Gasteiger partial charge in [0.25, 0.3) is 0 Å². The van der Waals surface area contributed by atoms with Crippen LogP contribution in [0.15, 0.2) is 258 Å². The molecule has 18 rings (SSSR count). The fourth-order valence-corrected chi connectivity index (χ4v) is 16.1. The number of hydrogen-bond donors (Lipinski definition) is 0. The first-order chi connectivity index (χ1) is 46.2. The van der Waals surface area contributed by atoms with Crippen LogP contribution in [0, 0.1) is 0 Å². The van der Waals surface area contributed by atoms with Crippen molar-refractivity contribution >= 4 is 121 Å². The van der Waals surface area contributed by atoms with Gasteiger partial charge in [0, 0.05) is 54.5 Å². The van der Waals surface area contributed by atoms with Crippen LogP contribution >= 0.6 is 0 Å². The molecule has 96 heavy (non-hydrogen) atoms. The number of hydrogen-bond acceptors (Lipinski definition) is 4. The quantitative estimate of drug-likeness (QED) is 0.156. The largest absolute Gasteiger partial charge is 0.453 e. The van der Waals surface area contributed by atoms with Gasteiger partial charge in [-0.25, -0.2) is 0 Å². The highest BCUT2D eigenvalue weighted by atomic mass is 19.4. The van der Waals surface area contributed by atoms with Crippen LogP contribution < -0.4 is 9.80 Å². The number of rotatable bonds is 6. The van der Waals surface area contributed by atoms with E-state index in [0.717, 1.165) is 128 Å². The molecule has 468 valence electrons. The first-order valence-electron chi connectivity index (χ1n) is 32.3. The van der Waals surface area contributed by atoms with Crippen LogP contribution in [0.2, 0.25) is 0 Å².